The average Bonchev–Trinajstić information content (AvgIpc) is 1.67. The molecule has 0 saturated heterocycles. The van der Waals surface area contributed by atoms with E-state index in [2.05, 4.69) is 324 Å². The number of ether oxygens (including phenoxy) is 2. The third kappa shape index (κ3) is 9.03. The molecule has 12 aromatic carbocycles. The van der Waals surface area contributed by atoms with Crippen LogP contribution in [0.15, 0.2) is 381 Å². The van der Waals surface area contributed by atoms with Crippen LogP contribution in [-0.2, 0) is 28.1 Å². The van der Waals surface area contributed by atoms with E-state index in [9.17, 15) is 0 Å². The highest BCUT2D eigenvalue weighted by atomic mass is 79.9. The summed E-state index contributed by atoms with van der Waals surface area (Å²) in [5.41, 5.74) is 27.0. The van der Waals surface area contributed by atoms with Crippen LogP contribution in [0, 0.1) is 0 Å². The molecular formula is C97H64BrN5O2. The van der Waals surface area contributed by atoms with Crippen molar-refractivity contribution in [1.29, 1.82) is 0 Å². The summed E-state index contributed by atoms with van der Waals surface area (Å²) in [7, 11) is 0. The summed E-state index contributed by atoms with van der Waals surface area (Å²) in [4.78, 5) is 22.2. The predicted octanol–water partition coefficient (Wildman–Crippen LogP) is 22.8. The number of para-hydroxylation sites is 6. The van der Waals surface area contributed by atoms with Gasteiger partial charge in [0.05, 0.1) is 67.7 Å². The summed E-state index contributed by atoms with van der Waals surface area (Å²) < 4.78 is 13.8. The van der Waals surface area contributed by atoms with Crippen molar-refractivity contribution in [1.82, 2.24) is 19.9 Å². The van der Waals surface area contributed by atoms with Gasteiger partial charge in [0.25, 0.3) is 0 Å². The number of nitrogens with zero attached hydrogens (tertiary/aromatic N) is 5. The second-order valence-electron chi connectivity index (χ2n) is 27.5. The van der Waals surface area contributed by atoms with E-state index in [4.69, 9.17) is 29.4 Å². The van der Waals surface area contributed by atoms with Crippen LogP contribution in [-0.4, -0.2) is 19.9 Å². The number of halogens is 1. The minimum atomic E-state index is -0.667. The second-order valence-corrected chi connectivity index (χ2v) is 28.4. The Morgan fingerprint density at radius 2 is 0.562 bits per heavy atom. The van der Waals surface area contributed by atoms with Gasteiger partial charge in [0.1, 0.15) is 23.0 Å². The molecule has 105 heavy (non-hydrogen) atoms. The fraction of sp³-hybridized carbons (Fsp3) is 0.0515. The van der Waals surface area contributed by atoms with Crippen molar-refractivity contribution in [3.05, 3.63) is 481 Å². The number of rotatable bonds is 5. The first-order chi connectivity index (χ1) is 52.0. The van der Waals surface area contributed by atoms with Gasteiger partial charge in [-0.1, -0.05) is 291 Å². The normalized spacial score (nSPS) is 14.7. The van der Waals surface area contributed by atoms with E-state index in [0.717, 1.165) is 118 Å². The van der Waals surface area contributed by atoms with Gasteiger partial charge in [0.15, 0.2) is 0 Å². The minimum absolute atomic E-state index is 0.270. The fourth-order valence-corrected chi connectivity index (χ4v) is 18.8. The monoisotopic (exact) mass is 1410 g/mol. The van der Waals surface area contributed by atoms with E-state index in [-0.39, 0.29) is 5.41 Å². The van der Waals surface area contributed by atoms with E-state index in [1.54, 1.807) is 0 Å². The number of anilines is 3. The van der Waals surface area contributed by atoms with Gasteiger partial charge >= 0.3 is 0 Å². The topological polar surface area (TPSA) is 73.3 Å². The lowest BCUT2D eigenvalue weighted by atomic mass is 9.60. The molecule has 22 rings (SSSR count). The van der Waals surface area contributed by atoms with Gasteiger partial charge in [-0.3, -0.25) is 19.9 Å². The molecule has 7 nitrogen and oxygen atoms in total. The van der Waals surface area contributed by atoms with Crippen LogP contribution in [0.3, 0.4) is 0 Å². The Hall–Kier alpha value is -12.9. The summed E-state index contributed by atoms with van der Waals surface area (Å²) in [5, 5.41) is 0. The van der Waals surface area contributed by atoms with E-state index in [0.29, 0.717) is 0 Å². The van der Waals surface area contributed by atoms with Crippen molar-refractivity contribution in [3.63, 3.8) is 0 Å². The molecule has 0 radical (unpaired) electrons. The van der Waals surface area contributed by atoms with Gasteiger partial charge in [0, 0.05) is 56.4 Å². The lowest BCUT2D eigenvalue weighted by Crippen LogP contribution is -2.38. The maximum absolute atomic E-state index is 6.59. The van der Waals surface area contributed by atoms with E-state index >= 15 is 0 Å². The Morgan fingerprint density at radius 1 is 0.257 bits per heavy atom. The Bertz CT molecular complexity index is 5820. The van der Waals surface area contributed by atoms with Crippen molar-refractivity contribution in [2.24, 2.45) is 0 Å². The van der Waals surface area contributed by atoms with Crippen LogP contribution >= 0.6 is 15.9 Å². The zero-order valence-corrected chi connectivity index (χ0v) is 58.5. The SMILES string of the molecule is Brc1cnc2c(c1)C1(c3ccccc3Oc3ccccc31)c1cccnc1-2.c1ccc(C2(c3ccccc3)c3ccccc3Cc3ccccc32)cc1.c1ccc(C2(c3ccccc3)c3ccccc3N(c3cnc4c(c3)C3(c5ccccc5Oc5ccccc53)c3cccnc3-4)c3ccccc32)cc1. The van der Waals surface area contributed by atoms with Crippen LogP contribution in [0.25, 0.3) is 22.8 Å². The lowest BCUT2D eigenvalue weighted by molar-refractivity contribution is 0.436. The zero-order chi connectivity index (χ0) is 69.7. The first-order valence-corrected chi connectivity index (χ1v) is 36.5. The maximum Gasteiger partial charge on any atom is 0.132 e. The quantitative estimate of drug-likeness (QED) is 0.170. The standard InChI is InChI=1S/C48H31N3O.C26H20.C23H13BrN2O/c1-3-16-32(17-4-1)47(33-18-5-2-6-19-33)35-20-7-11-25-41(35)51(42-26-12-8-21-36(42)47)34-30-40-46(50-31-34)45-39(24-15-29-49-45)48(40)37-22-9-13-27-43(37)52-44-28-14-10-23-38(44)48;1-3-13-22(14-4-1)26(23-15-5-2-6-16-23)24-17-9-7-11-20(24)19-21-12-8-10-18-25(21)26;24-14-12-18-22(26-13-14)21-17(8-5-11-25-21)23(18)15-6-1-3-9-19(15)27-20-10-4-2-7-16(20)23/h1-31H;1-18H,19H2;1-13H. The number of hydrogen-bond donors (Lipinski definition) is 0. The first-order valence-electron chi connectivity index (χ1n) is 35.7. The first kappa shape index (κ1) is 61.9. The van der Waals surface area contributed by atoms with Crippen molar-refractivity contribution in [3.8, 4) is 45.8 Å². The number of fused-ring (bicyclic) bond motifs is 22. The Labute approximate surface area is 618 Å². The third-order valence-corrected chi connectivity index (χ3v) is 22.9. The highest BCUT2D eigenvalue weighted by molar-refractivity contribution is 9.10. The van der Waals surface area contributed by atoms with Crippen molar-refractivity contribution in [2.75, 3.05) is 4.90 Å². The largest absolute Gasteiger partial charge is 0.457 e. The van der Waals surface area contributed by atoms with Gasteiger partial charge < -0.3 is 14.4 Å². The molecule has 0 fully saturated rings. The fourth-order valence-electron chi connectivity index (χ4n) is 18.5. The molecule has 4 aromatic heterocycles. The summed E-state index contributed by atoms with van der Waals surface area (Å²) in [6, 6.07) is 126. The third-order valence-electron chi connectivity index (χ3n) is 22.4. The summed E-state index contributed by atoms with van der Waals surface area (Å²) in [5.74, 6) is 3.44. The molecule has 8 heteroatoms. The number of pyridine rings is 4. The molecule has 0 unspecified atom stereocenters. The summed E-state index contributed by atoms with van der Waals surface area (Å²) >= 11 is 3.63. The van der Waals surface area contributed by atoms with Crippen molar-refractivity contribution < 1.29 is 9.47 Å². The molecule has 0 N–H and O–H groups in total. The van der Waals surface area contributed by atoms with Crippen molar-refractivity contribution >= 4 is 33.0 Å². The summed E-state index contributed by atoms with van der Waals surface area (Å²) in [6.45, 7) is 0. The molecular weight excluding hydrogens is 1350 g/mol. The number of aromatic nitrogens is 4. The molecule has 3 aliphatic carbocycles. The minimum Gasteiger partial charge on any atom is -0.457 e. The zero-order valence-electron chi connectivity index (χ0n) is 56.9. The maximum atomic E-state index is 6.59. The molecule has 0 atom stereocenters. The smallest absolute Gasteiger partial charge is 0.132 e. The van der Waals surface area contributed by atoms with Gasteiger partial charge in [-0.2, -0.15) is 0 Å². The molecule has 0 amide bonds. The molecule has 16 aromatic rings. The van der Waals surface area contributed by atoms with E-state index in [1.807, 2.05) is 73.3 Å². The van der Waals surface area contributed by atoms with Gasteiger partial charge in [0.2, 0.25) is 0 Å². The van der Waals surface area contributed by atoms with Gasteiger partial charge in [-0.15, -0.1) is 0 Å². The average molecular weight is 1410 g/mol. The molecule has 0 bridgehead atoms. The van der Waals surface area contributed by atoms with E-state index < -0.39 is 16.2 Å². The van der Waals surface area contributed by atoms with E-state index in [1.165, 1.54) is 55.6 Å². The van der Waals surface area contributed by atoms with Crippen LogP contribution in [0.2, 0.25) is 0 Å². The Morgan fingerprint density at radius 3 is 0.971 bits per heavy atom. The molecule has 6 aliphatic rings. The highest BCUT2D eigenvalue weighted by Crippen LogP contribution is 2.65. The Balaban J connectivity index is 0.000000116. The van der Waals surface area contributed by atoms with Crippen LogP contribution in [0.4, 0.5) is 17.1 Å². The number of hydrogen-bond acceptors (Lipinski definition) is 7. The van der Waals surface area contributed by atoms with Crippen molar-refractivity contribution in [2.45, 2.75) is 28.1 Å². The molecule has 7 heterocycles. The highest BCUT2D eigenvalue weighted by Gasteiger charge is 2.55. The molecule has 3 aliphatic heterocycles. The van der Waals surface area contributed by atoms with Gasteiger partial charge in [-0.25, -0.2) is 0 Å². The van der Waals surface area contributed by atoms with Gasteiger partial charge in [-0.05, 0) is 150 Å². The Kier molecular flexibility index (Phi) is 14.6. The predicted molar refractivity (Wildman–Crippen MR) is 421 cm³/mol. The second kappa shape index (κ2) is 24.7. The molecule has 496 valence electrons. The number of benzene rings is 12. The van der Waals surface area contributed by atoms with Crippen LogP contribution in [0.5, 0.6) is 23.0 Å². The van der Waals surface area contributed by atoms with Crippen LogP contribution < -0.4 is 14.4 Å². The summed E-state index contributed by atoms with van der Waals surface area (Å²) in [6.07, 6.45) is 8.57. The molecule has 0 saturated carbocycles. The molecule has 2 spiro atoms. The van der Waals surface area contributed by atoms with Crippen LogP contribution in [0.1, 0.15) is 100 Å². The lowest BCUT2D eigenvalue weighted by Gasteiger charge is -2.46.